The maximum absolute atomic E-state index is 9.63. The Kier molecular flexibility index (Phi) is 2.49. The highest BCUT2D eigenvalue weighted by Crippen LogP contribution is 2.22. The highest BCUT2D eigenvalue weighted by molar-refractivity contribution is 5.85. The second-order valence-electron chi connectivity index (χ2n) is 3.08. The van der Waals surface area contributed by atoms with Crippen molar-refractivity contribution in [1.29, 1.82) is 0 Å². The number of allylic oxidation sites excluding steroid dienone is 1. The summed E-state index contributed by atoms with van der Waals surface area (Å²) in [5.74, 6) is 0.293. The van der Waals surface area contributed by atoms with Crippen LogP contribution in [0.4, 0.5) is 0 Å². The number of hydrogen-bond donors (Lipinski definition) is 2. The number of para-hydroxylation sites is 1. The van der Waals surface area contributed by atoms with Crippen molar-refractivity contribution in [3.05, 3.63) is 35.9 Å². The van der Waals surface area contributed by atoms with Crippen LogP contribution in [0, 0.1) is 0 Å². The van der Waals surface area contributed by atoms with E-state index in [0.29, 0.717) is 5.75 Å². The Labute approximate surface area is 82.8 Å². The molecule has 0 unspecified atom stereocenters. The molecule has 72 valence electrons. The molecule has 0 aliphatic carbocycles. The van der Waals surface area contributed by atoms with Crippen LogP contribution < -0.4 is 5.32 Å². The number of nitrogens with one attached hydrogen (secondary N) is 1. The van der Waals surface area contributed by atoms with Gasteiger partial charge in [0.2, 0.25) is 0 Å². The number of phenolic OH excluding ortho intramolecular Hbond substituents is 1. The lowest BCUT2D eigenvalue weighted by Crippen LogP contribution is -2.14. The molecule has 0 radical (unpaired) electrons. The number of hydrogen-bond acceptors (Lipinski definition) is 3. The summed E-state index contributed by atoms with van der Waals surface area (Å²) in [4.78, 5) is 4.13. The summed E-state index contributed by atoms with van der Waals surface area (Å²) in [6.45, 7) is 1.57. The van der Waals surface area contributed by atoms with Crippen LogP contribution in [0.3, 0.4) is 0 Å². The maximum Gasteiger partial charge on any atom is 0.124 e. The van der Waals surface area contributed by atoms with Gasteiger partial charge in [-0.3, -0.25) is 4.99 Å². The second kappa shape index (κ2) is 3.96. The average molecular weight is 188 g/mol. The van der Waals surface area contributed by atoms with Crippen molar-refractivity contribution in [3.8, 4) is 5.75 Å². The molecular weight excluding hydrogens is 176 g/mol. The lowest BCUT2D eigenvalue weighted by atomic mass is 10.1. The summed E-state index contributed by atoms with van der Waals surface area (Å²) in [5.41, 5.74) is 1.74. The van der Waals surface area contributed by atoms with E-state index >= 15 is 0 Å². The quantitative estimate of drug-likeness (QED) is 0.699. The van der Waals surface area contributed by atoms with Gasteiger partial charge in [0.1, 0.15) is 5.75 Å². The van der Waals surface area contributed by atoms with E-state index in [0.717, 1.165) is 24.4 Å². The van der Waals surface area contributed by atoms with Gasteiger partial charge in [0, 0.05) is 24.0 Å². The van der Waals surface area contributed by atoms with E-state index in [9.17, 15) is 5.11 Å². The molecule has 1 aliphatic heterocycles. The molecule has 0 saturated carbocycles. The fourth-order valence-electron chi connectivity index (χ4n) is 1.40. The zero-order chi connectivity index (χ0) is 9.80. The first-order valence-electron chi connectivity index (χ1n) is 4.60. The lowest BCUT2D eigenvalue weighted by Gasteiger charge is -2.09. The summed E-state index contributed by atoms with van der Waals surface area (Å²) in [5, 5.41) is 12.8. The van der Waals surface area contributed by atoms with Crippen molar-refractivity contribution in [2.24, 2.45) is 4.99 Å². The van der Waals surface area contributed by atoms with Gasteiger partial charge >= 0.3 is 0 Å². The topological polar surface area (TPSA) is 44.6 Å². The van der Waals surface area contributed by atoms with Crippen LogP contribution in [0.5, 0.6) is 5.75 Å². The first-order valence-corrected chi connectivity index (χ1v) is 4.60. The Bertz CT molecular complexity index is 383. The van der Waals surface area contributed by atoms with Crippen LogP contribution in [0.15, 0.2) is 35.3 Å². The summed E-state index contributed by atoms with van der Waals surface area (Å²) in [6.07, 6.45) is 3.64. The van der Waals surface area contributed by atoms with Gasteiger partial charge in [0.15, 0.2) is 0 Å². The molecular formula is C11H12N2O. The van der Waals surface area contributed by atoms with Crippen molar-refractivity contribution in [2.45, 2.75) is 0 Å². The maximum atomic E-state index is 9.63. The van der Waals surface area contributed by atoms with Gasteiger partial charge < -0.3 is 10.4 Å². The summed E-state index contributed by atoms with van der Waals surface area (Å²) >= 11 is 0. The van der Waals surface area contributed by atoms with E-state index in [1.807, 2.05) is 24.3 Å². The number of aliphatic imine (C=N–C) groups is 1. The van der Waals surface area contributed by atoms with Gasteiger partial charge in [-0.2, -0.15) is 0 Å². The van der Waals surface area contributed by atoms with Gasteiger partial charge in [-0.05, 0) is 18.2 Å². The SMILES string of the molecule is Oc1ccccc1C1=CC=NCCN1. The standard InChI is InChI=1S/C11H12N2O/c14-11-4-2-1-3-9(11)10-5-6-12-7-8-13-10/h1-6,13-14H,7-8H2. The molecule has 1 aliphatic rings. The minimum absolute atomic E-state index is 0.293. The summed E-state index contributed by atoms with van der Waals surface area (Å²) in [7, 11) is 0. The average Bonchev–Trinajstić information content (AvgIpc) is 2.47. The number of nitrogens with zero attached hydrogens (tertiary/aromatic N) is 1. The summed E-state index contributed by atoms with van der Waals surface area (Å²) < 4.78 is 0. The van der Waals surface area contributed by atoms with E-state index in [4.69, 9.17) is 0 Å². The number of phenols is 1. The predicted octanol–water partition coefficient (Wildman–Crippen LogP) is 1.41. The van der Waals surface area contributed by atoms with Crippen LogP contribution in [-0.4, -0.2) is 24.4 Å². The number of aromatic hydroxyl groups is 1. The molecule has 0 atom stereocenters. The molecule has 0 fully saturated rings. The smallest absolute Gasteiger partial charge is 0.124 e. The van der Waals surface area contributed by atoms with Crippen LogP contribution in [0.2, 0.25) is 0 Å². The highest BCUT2D eigenvalue weighted by atomic mass is 16.3. The third kappa shape index (κ3) is 1.76. The Hall–Kier alpha value is -1.77. The third-order valence-electron chi connectivity index (χ3n) is 2.10. The molecule has 0 spiro atoms. The molecule has 14 heavy (non-hydrogen) atoms. The lowest BCUT2D eigenvalue weighted by molar-refractivity contribution is 0.473. The largest absolute Gasteiger partial charge is 0.507 e. The van der Waals surface area contributed by atoms with E-state index in [1.165, 1.54) is 0 Å². The van der Waals surface area contributed by atoms with Crippen LogP contribution in [-0.2, 0) is 0 Å². The van der Waals surface area contributed by atoms with Crippen molar-refractivity contribution in [2.75, 3.05) is 13.1 Å². The van der Waals surface area contributed by atoms with Gasteiger partial charge in [0.05, 0.1) is 6.54 Å². The highest BCUT2D eigenvalue weighted by Gasteiger charge is 2.05. The molecule has 3 nitrogen and oxygen atoms in total. The van der Waals surface area contributed by atoms with Crippen molar-refractivity contribution >= 4 is 11.9 Å². The van der Waals surface area contributed by atoms with E-state index in [-0.39, 0.29) is 0 Å². The van der Waals surface area contributed by atoms with Crippen LogP contribution in [0.1, 0.15) is 5.56 Å². The Morgan fingerprint density at radius 2 is 2.14 bits per heavy atom. The molecule has 1 heterocycles. The third-order valence-corrected chi connectivity index (χ3v) is 2.10. The van der Waals surface area contributed by atoms with Crippen LogP contribution >= 0.6 is 0 Å². The van der Waals surface area contributed by atoms with E-state index in [2.05, 4.69) is 10.3 Å². The van der Waals surface area contributed by atoms with Gasteiger partial charge in [-0.25, -0.2) is 0 Å². The molecule has 3 heteroatoms. The second-order valence-corrected chi connectivity index (χ2v) is 3.08. The normalized spacial score (nSPS) is 15.6. The molecule has 2 N–H and O–H groups in total. The molecule has 0 bridgehead atoms. The predicted molar refractivity (Wildman–Crippen MR) is 57.4 cm³/mol. The Balaban J connectivity index is 2.34. The van der Waals surface area contributed by atoms with E-state index < -0.39 is 0 Å². The van der Waals surface area contributed by atoms with Crippen molar-refractivity contribution in [3.63, 3.8) is 0 Å². The number of rotatable bonds is 1. The minimum atomic E-state index is 0.293. The van der Waals surface area contributed by atoms with Crippen molar-refractivity contribution in [1.82, 2.24) is 5.32 Å². The molecule has 1 aromatic rings. The zero-order valence-corrected chi connectivity index (χ0v) is 7.77. The molecule has 0 amide bonds. The molecule has 1 aromatic carbocycles. The monoisotopic (exact) mass is 188 g/mol. The summed E-state index contributed by atoms with van der Waals surface area (Å²) in [6, 6.07) is 7.27. The molecule has 2 rings (SSSR count). The fourth-order valence-corrected chi connectivity index (χ4v) is 1.40. The first-order chi connectivity index (χ1) is 6.88. The Morgan fingerprint density at radius 1 is 1.29 bits per heavy atom. The van der Waals surface area contributed by atoms with Gasteiger partial charge in [-0.15, -0.1) is 0 Å². The van der Waals surface area contributed by atoms with Gasteiger partial charge in [0.25, 0.3) is 0 Å². The van der Waals surface area contributed by atoms with Crippen molar-refractivity contribution < 1.29 is 5.11 Å². The molecule has 0 saturated heterocycles. The zero-order valence-electron chi connectivity index (χ0n) is 7.77. The molecule has 0 aromatic heterocycles. The minimum Gasteiger partial charge on any atom is -0.507 e. The van der Waals surface area contributed by atoms with Gasteiger partial charge in [-0.1, -0.05) is 12.1 Å². The number of benzene rings is 1. The van der Waals surface area contributed by atoms with E-state index in [1.54, 1.807) is 12.3 Å². The first kappa shape index (κ1) is 8.81. The fraction of sp³-hybridized carbons (Fsp3) is 0.182. The van der Waals surface area contributed by atoms with Crippen LogP contribution in [0.25, 0.3) is 5.70 Å². The Morgan fingerprint density at radius 3 is 3.00 bits per heavy atom.